The van der Waals surface area contributed by atoms with E-state index >= 15 is 0 Å². The highest BCUT2D eigenvalue weighted by Gasteiger charge is 2.35. The van der Waals surface area contributed by atoms with Gasteiger partial charge >= 0.3 is 6.18 Å². The van der Waals surface area contributed by atoms with Crippen LogP contribution in [-0.4, -0.2) is 39.4 Å². The molecule has 3 aromatic carbocycles. The third-order valence-electron chi connectivity index (χ3n) is 6.29. The Bertz CT molecular complexity index is 1650. The number of nitrogens with one attached hydrogen (secondary N) is 2. The number of aromatic amines is 1. The second-order valence-electron chi connectivity index (χ2n) is 9.48. The van der Waals surface area contributed by atoms with E-state index in [0.717, 1.165) is 11.5 Å². The van der Waals surface area contributed by atoms with Gasteiger partial charge in [0.2, 0.25) is 0 Å². The lowest BCUT2D eigenvalue weighted by Crippen LogP contribution is -2.28. The van der Waals surface area contributed by atoms with Gasteiger partial charge in [-0.25, -0.2) is 4.98 Å². The Morgan fingerprint density at radius 1 is 1.11 bits per heavy atom. The monoisotopic (exact) mass is 539 g/mol. The molecule has 196 valence electrons. The van der Waals surface area contributed by atoms with Crippen LogP contribution in [0.4, 0.5) is 13.2 Å². The number of nitrogens with zero attached hydrogens (tertiary/aromatic N) is 3. The van der Waals surface area contributed by atoms with E-state index in [1.807, 2.05) is 37.2 Å². The van der Waals surface area contributed by atoms with Crippen molar-refractivity contribution in [3.8, 4) is 5.69 Å². The van der Waals surface area contributed by atoms with Gasteiger partial charge in [0.05, 0.1) is 33.8 Å². The number of hydrogen-bond donors (Lipinski definition) is 2. The van der Waals surface area contributed by atoms with Crippen molar-refractivity contribution in [2.45, 2.75) is 25.7 Å². The number of halogens is 4. The highest BCUT2D eigenvalue weighted by molar-refractivity contribution is 6.31. The largest absolute Gasteiger partial charge is 0.418 e. The van der Waals surface area contributed by atoms with Crippen molar-refractivity contribution in [3.63, 3.8) is 0 Å². The molecule has 10 heteroatoms. The van der Waals surface area contributed by atoms with Crippen LogP contribution >= 0.6 is 11.6 Å². The summed E-state index contributed by atoms with van der Waals surface area (Å²) in [7, 11) is 3.72. The van der Waals surface area contributed by atoms with Crippen molar-refractivity contribution in [1.82, 2.24) is 24.8 Å². The third kappa shape index (κ3) is 4.99. The summed E-state index contributed by atoms with van der Waals surface area (Å²) in [4.78, 5) is 22.5. The molecule has 0 unspecified atom stereocenters. The van der Waals surface area contributed by atoms with Crippen molar-refractivity contribution in [2.24, 2.45) is 0 Å². The van der Waals surface area contributed by atoms with Gasteiger partial charge < -0.3 is 19.8 Å². The van der Waals surface area contributed by atoms with Gasteiger partial charge in [-0.05, 0) is 69.6 Å². The van der Waals surface area contributed by atoms with E-state index in [0.29, 0.717) is 39.6 Å². The number of aromatic nitrogens is 3. The maximum Gasteiger partial charge on any atom is 0.418 e. The maximum absolute atomic E-state index is 14.4. The normalized spacial score (nSPS) is 12.9. The number of para-hydroxylation sites is 1. The van der Waals surface area contributed by atoms with Gasteiger partial charge in [-0.3, -0.25) is 4.79 Å². The minimum atomic E-state index is -4.68. The fraction of sp³-hybridized carbons (Fsp3) is 0.214. The fourth-order valence-electron chi connectivity index (χ4n) is 4.59. The van der Waals surface area contributed by atoms with Crippen LogP contribution < -0.4 is 5.32 Å². The lowest BCUT2D eigenvalue weighted by atomic mass is 10.1. The van der Waals surface area contributed by atoms with Crippen LogP contribution in [0.5, 0.6) is 0 Å². The number of alkyl halides is 3. The average Bonchev–Trinajstić information content (AvgIpc) is 3.43. The first-order valence-electron chi connectivity index (χ1n) is 11.9. The first-order valence-corrected chi connectivity index (χ1v) is 12.3. The molecule has 5 aromatic rings. The van der Waals surface area contributed by atoms with Crippen molar-refractivity contribution >= 4 is 39.4 Å². The topological polar surface area (TPSA) is 66.0 Å². The molecule has 0 spiro atoms. The fourth-order valence-corrected chi connectivity index (χ4v) is 4.76. The molecule has 0 aliphatic heterocycles. The summed E-state index contributed by atoms with van der Waals surface area (Å²) < 4.78 is 44.7. The summed E-state index contributed by atoms with van der Waals surface area (Å²) in [6.07, 6.45) is -4.68. The molecule has 0 saturated heterocycles. The van der Waals surface area contributed by atoms with Crippen LogP contribution in [0.2, 0.25) is 5.02 Å². The van der Waals surface area contributed by atoms with Gasteiger partial charge in [0.25, 0.3) is 5.91 Å². The molecule has 0 aliphatic carbocycles. The van der Waals surface area contributed by atoms with Gasteiger partial charge in [0.1, 0.15) is 5.82 Å². The first kappa shape index (κ1) is 25.8. The second-order valence-corrected chi connectivity index (χ2v) is 9.91. The number of carbonyl (C=O) groups is 1. The van der Waals surface area contributed by atoms with Gasteiger partial charge in [-0.15, -0.1) is 0 Å². The Morgan fingerprint density at radius 2 is 1.87 bits per heavy atom. The molecule has 2 N–H and O–H groups in total. The lowest BCUT2D eigenvalue weighted by Gasteiger charge is -2.20. The Kier molecular flexibility index (Phi) is 6.66. The zero-order valence-corrected chi connectivity index (χ0v) is 21.7. The molecular formula is C28H25ClF3N5O. The van der Waals surface area contributed by atoms with E-state index in [-0.39, 0.29) is 11.3 Å². The van der Waals surface area contributed by atoms with Crippen LogP contribution in [0.15, 0.2) is 66.7 Å². The van der Waals surface area contributed by atoms with Crippen molar-refractivity contribution < 1.29 is 18.0 Å². The number of fused-ring (bicyclic) bond motifs is 2. The molecule has 0 bridgehead atoms. The summed E-state index contributed by atoms with van der Waals surface area (Å²) >= 11 is 6.03. The van der Waals surface area contributed by atoms with Crippen LogP contribution in [-0.2, 0) is 12.7 Å². The Balaban J connectivity index is 1.52. The van der Waals surface area contributed by atoms with Crippen molar-refractivity contribution in [3.05, 3.63) is 94.4 Å². The highest BCUT2D eigenvalue weighted by atomic mass is 35.5. The summed E-state index contributed by atoms with van der Waals surface area (Å²) in [5.41, 5.74) is 1.71. The molecule has 1 amide bonds. The number of benzene rings is 3. The Morgan fingerprint density at radius 3 is 2.61 bits per heavy atom. The van der Waals surface area contributed by atoms with Crippen LogP contribution in [0.25, 0.3) is 27.6 Å². The molecule has 6 nitrogen and oxygen atoms in total. The smallest absolute Gasteiger partial charge is 0.342 e. The third-order valence-corrected chi connectivity index (χ3v) is 6.53. The number of imidazole rings is 1. The number of amides is 1. The minimum Gasteiger partial charge on any atom is -0.342 e. The lowest BCUT2D eigenvalue weighted by molar-refractivity contribution is -0.137. The van der Waals surface area contributed by atoms with Crippen LogP contribution in [0, 0.1) is 0 Å². The van der Waals surface area contributed by atoms with Gasteiger partial charge in [0.15, 0.2) is 0 Å². The van der Waals surface area contributed by atoms with E-state index in [4.69, 9.17) is 11.6 Å². The minimum absolute atomic E-state index is 0.0330. The SMILES string of the molecule is C[C@H](NC(=O)c1ccc(-n2c(CN(C)C)cc3ccccc32)c(C(F)(F)F)c1)c1nc2ccc(Cl)cc2[nH]1. The number of hydrogen-bond acceptors (Lipinski definition) is 3. The van der Waals surface area contributed by atoms with E-state index in [1.165, 1.54) is 12.1 Å². The highest BCUT2D eigenvalue weighted by Crippen LogP contribution is 2.37. The van der Waals surface area contributed by atoms with Gasteiger partial charge in [0, 0.05) is 28.2 Å². The summed E-state index contributed by atoms with van der Waals surface area (Å²) in [5, 5.41) is 4.11. The van der Waals surface area contributed by atoms with Crippen LogP contribution in [0.1, 0.15) is 40.4 Å². The molecule has 0 radical (unpaired) electrons. The summed E-state index contributed by atoms with van der Waals surface area (Å²) in [6.45, 7) is 2.14. The summed E-state index contributed by atoms with van der Waals surface area (Å²) in [6, 6.07) is 17.5. The predicted octanol–water partition coefficient (Wildman–Crippen LogP) is 6.73. The predicted molar refractivity (Wildman–Crippen MR) is 143 cm³/mol. The van der Waals surface area contributed by atoms with Crippen molar-refractivity contribution in [2.75, 3.05) is 14.1 Å². The van der Waals surface area contributed by atoms with E-state index in [9.17, 15) is 18.0 Å². The van der Waals surface area contributed by atoms with Gasteiger partial charge in [-0.1, -0.05) is 29.8 Å². The molecule has 0 aliphatic rings. The van der Waals surface area contributed by atoms with E-state index < -0.39 is 23.7 Å². The van der Waals surface area contributed by atoms with E-state index in [1.54, 1.807) is 41.8 Å². The maximum atomic E-state index is 14.4. The number of rotatable bonds is 6. The molecular weight excluding hydrogens is 515 g/mol. The van der Waals surface area contributed by atoms with E-state index in [2.05, 4.69) is 15.3 Å². The molecule has 2 aromatic heterocycles. The standard InChI is InChI=1S/C28H25ClF3N5O/c1-16(26-34-22-10-9-19(29)14-23(22)35-26)33-27(38)18-8-11-25(21(13-18)28(30,31)32)37-20(15-36(2)3)12-17-6-4-5-7-24(17)37/h4-14,16H,15H2,1-3H3,(H,33,38)(H,34,35)/t16-/m0/s1. The van der Waals surface area contributed by atoms with Crippen molar-refractivity contribution in [1.29, 1.82) is 0 Å². The average molecular weight is 540 g/mol. The van der Waals surface area contributed by atoms with Gasteiger partial charge in [-0.2, -0.15) is 13.2 Å². The Labute approximate surface area is 222 Å². The number of H-pyrrole nitrogens is 1. The quantitative estimate of drug-likeness (QED) is 0.251. The first-order chi connectivity index (χ1) is 18.0. The second kappa shape index (κ2) is 9.81. The molecule has 0 saturated carbocycles. The van der Waals surface area contributed by atoms with Crippen LogP contribution in [0.3, 0.4) is 0 Å². The zero-order chi connectivity index (χ0) is 27.2. The number of carbonyl (C=O) groups excluding carboxylic acids is 1. The molecule has 38 heavy (non-hydrogen) atoms. The summed E-state index contributed by atoms with van der Waals surface area (Å²) in [5.74, 6) is -0.172. The molecule has 5 rings (SSSR count). The molecule has 0 fully saturated rings. The molecule has 2 heterocycles. The Hall–Kier alpha value is -3.82. The molecule has 1 atom stereocenters. The zero-order valence-electron chi connectivity index (χ0n) is 20.9.